The Bertz CT molecular complexity index is 819. The summed E-state index contributed by atoms with van der Waals surface area (Å²) in [4.78, 5) is 32.0. The number of aromatic amines is 1. The first kappa shape index (κ1) is 14.5. The fraction of sp³-hybridized carbons (Fsp3) is 0.444. The van der Waals surface area contributed by atoms with Crippen LogP contribution in [0.3, 0.4) is 0 Å². The second-order valence-corrected chi connectivity index (χ2v) is 6.80. The highest BCUT2D eigenvalue weighted by atomic mass is 16.2. The van der Waals surface area contributed by atoms with E-state index >= 15 is 0 Å². The van der Waals surface area contributed by atoms with Gasteiger partial charge in [0.05, 0.1) is 11.1 Å². The molecule has 0 bridgehead atoms. The topological polar surface area (TPSA) is 56.4 Å². The van der Waals surface area contributed by atoms with Gasteiger partial charge in [-0.3, -0.25) is 14.5 Å². The van der Waals surface area contributed by atoms with E-state index in [0.29, 0.717) is 24.2 Å². The van der Waals surface area contributed by atoms with Crippen molar-refractivity contribution in [2.75, 3.05) is 27.2 Å². The second-order valence-electron chi connectivity index (χ2n) is 6.80. The zero-order chi connectivity index (χ0) is 16.1. The first-order valence-electron chi connectivity index (χ1n) is 8.24. The molecule has 1 aliphatic carbocycles. The van der Waals surface area contributed by atoms with Gasteiger partial charge < -0.3 is 9.88 Å². The lowest BCUT2D eigenvalue weighted by Crippen LogP contribution is -2.35. The van der Waals surface area contributed by atoms with Gasteiger partial charge in [0, 0.05) is 29.7 Å². The number of aromatic nitrogens is 1. The Kier molecular flexibility index (Phi) is 3.27. The van der Waals surface area contributed by atoms with Crippen LogP contribution in [0.5, 0.6) is 0 Å². The van der Waals surface area contributed by atoms with Gasteiger partial charge in [0.25, 0.3) is 11.8 Å². The van der Waals surface area contributed by atoms with Crippen LogP contribution in [-0.2, 0) is 12.8 Å². The lowest BCUT2D eigenvalue weighted by atomic mass is 9.94. The van der Waals surface area contributed by atoms with Crippen LogP contribution in [0.1, 0.15) is 44.8 Å². The van der Waals surface area contributed by atoms with Crippen LogP contribution in [-0.4, -0.2) is 53.8 Å². The standard InChI is InChI=1S/C18H21N3O2/c1-20(2)7-8-21-17(22)13-9-12-11-5-3-4-6-15(11)19-16(12)10-14(13)18(21)23/h9-10,19H,3-8H2,1-2H3. The fourth-order valence-electron chi connectivity index (χ4n) is 3.70. The van der Waals surface area contributed by atoms with Crippen LogP contribution in [0, 0.1) is 0 Å². The quantitative estimate of drug-likeness (QED) is 0.884. The van der Waals surface area contributed by atoms with E-state index < -0.39 is 0 Å². The SMILES string of the molecule is CN(C)CCN1C(=O)c2cc3[nH]c4c(c3cc2C1=O)CCCC4. The Morgan fingerprint density at radius 2 is 1.78 bits per heavy atom. The molecule has 0 unspecified atom stereocenters. The van der Waals surface area contributed by atoms with Crippen molar-refractivity contribution < 1.29 is 9.59 Å². The zero-order valence-corrected chi connectivity index (χ0v) is 13.6. The van der Waals surface area contributed by atoms with Gasteiger partial charge >= 0.3 is 0 Å². The predicted molar refractivity (Wildman–Crippen MR) is 88.9 cm³/mol. The van der Waals surface area contributed by atoms with Crippen LogP contribution in [0.4, 0.5) is 0 Å². The van der Waals surface area contributed by atoms with Crippen LogP contribution in [0.15, 0.2) is 12.1 Å². The number of hydrogen-bond acceptors (Lipinski definition) is 3. The Hall–Kier alpha value is -2.14. The third-order valence-electron chi connectivity index (χ3n) is 4.96. The van der Waals surface area contributed by atoms with E-state index in [0.717, 1.165) is 23.7 Å². The number of likely N-dealkylation sites (N-methyl/N-ethyl adjacent to an activating group) is 1. The van der Waals surface area contributed by atoms with Crippen molar-refractivity contribution in [3.05, 3.63) is 34.5 Å². The fourth-order valence-corrected chi connectivity index (χ4v) is 3.70. The maximum Gasteiger partial charge on any atom is 0.261 e. The van der Waals surface area contributed by atoms with Gasteiger partial charge in [-0.25, -0.2) is 0 Å². The Morgan fingerprint density at radius 1 is 1.09 bits per heavy atom. The lowest BCUT2D eigenvalue weighted by molar-refractivity contribution is 0.0645. The van der Waals surface area contributed by atoms with E-state index in [2.05, 4.69) is 4.98 Å². The molecule has 2 heterocycles. The molecule has 2 aromatic rings. The van der Waals surface area contributed by atoms with Gasteiger partial charge in [-0.05, 0) is 57.5 Å². The van der Waals surface area contributed by atoms with Crippen LogP contribution in [0.25, 0.3) is 10.9 Å². The number of carbonyl (C=O) groups excluding carboxylic acids is 2. The first-order chi connectivity index (χ1) is 11.1. The number of carbonyl (C=O) groups is 2. The summed E-state index contributed by atoms with van der Waals surface area (Å²) in [7, 11) is 3.88. The number of imide groups is 1. The van der Waals surface area contributed by atoms with E-state index in [9.17, 15) is 9.59 Å². The number of rotatable bonds is 3. The summed E-state index contributed by atoms with van der Waals surface area (Å²) in [6.07, 6.45) is 4.51. The predicted octanol–water partition coefficient (Wildman–Crippen LogP) is 2.20. The number of benzene rings is 1. The van der Waals surface area contributed by atoms with Crippen molar-refractivity contribution in [3.8, 4) is 0 Å². The summed E-state index contributed by atoms with van der Waals surface area (Å²) < 4.78 is 0. The van der Waals surface area contributed by atoms with Gasteiger partial charge in [0.2, 0.25) is 0 Å². The largest absolute Gasteiger partial charge is 0.358 e. The number of hydrogen-bond donors (Lipinski definition) is 1. The highest BCUT2D eigenvalue weighted by Crippen LogP contribution is 2.33. The molecule has 1 aromatic carbocycles. The van der Waals surface area contributed by atoms with Crippen LogP contribution >= 0.6 is 0 Å². The number of fused-ring (bicyclic) bond motifs is 4. The van der Waals surface area contributed by atoms with Crippen molar-refractivity contribution in [3.63, 3.8) is 0 Å². The summed E-state index contributed by atoms with van der Waals surface area (Å²) >= 11 is 0. The molecular weight excluding hydrogens is 290 g/mol. The van der Waals surface area contributed by atoms with Crippen LogP contribution < -0.4 is 0 Å². The van der Waals surface area contributed by atoms with Crippen molar-refractivity contribution >= 4 is 22.7 Å². The molecular formula is C18H21N3O2. The summed E-state index contributed by atoms with van der Waals surface area (Å²) in [6.45, 7) is 1.12. The Balaban J connectivity index is 1.77. The van der Waals surface area contributed by atoms with Crippen molar-refractivity contribution in [2.45, 2.75) is 25.7 Å². The number of nitrogens with one attached hydrogen (secondary N) is 1. The van der Waals surface area contributed by atoms with Gasteiger partial charge in [-0.1, -0.05) is 0 Å². The van der Waals surface area contributed by atoms with Crippen molar-refractivity contribution in [1.29, 1.82) is 0 Å². The summed E-state index contributed by atoms with van der Waals surface area (Å²) in [5.74, 6) is -0.319. The first-order valence-corrected chi connectivity index (χ1v) is 8.24. The van der Waals surface area contributed by atoms with E-state index in [1.165, 1.54) is 29.0 Å². The van der Waals surface area contributed by atoms with E-state index in [4.69, 9.17) is 0 Å². The molecule has 0 atom stereocenters. The Morgan fingerprint density at radius 3 is 2.52 bits per heavy atom. The number of nitrogens with zero attached hydrogens (tertiary/aromatic N) is 2. The zero-order valence-electron chi connectivity index (χ0n) is 13.6. The average molecular weight is 311 g/mol. The van der Waals surface area contributed by atoms with E-state index in [-0.39, 0.29) is 11.8 Å². The maximum absolute atomic E-state index is 12.6. The average Bonchev–Trinajstić information content (AvgIpc) is 3.00. The molecule has 5 heteroatoms. The molecule has 0 saturated carbocycles. The van der Waals surface area contributed by atoms with Crippen molar-refractivity contribution in [1.82, 2.24) is 14.8 Å². The Labute approximate surface area is 135 Å². The number of aryl methyl sites for hydroxylation is 2. The molecule has 0 radical (unpaired) electrons. The van der Waals surface area contributed by atoms with Gasteiger partial charge in [-0.2, -0.15) is 0 Å². The summed E-state index contributed by atoms with van der Waals surface area (Å²) in [5, 5.41) is 1.12. The summed E-state index contributed by atoms with van der Waals surface area (Å²) in [6, 6.07) is 3.81. The molecule has 0 spiro atoms. The minimum atomic E-state index is -0.165. The molecule has 2 aliphatic rings. The molecule has 1 N–H and O–H groups in total. The number of H-pyrrole nitrogens is 1. The molecule has 4 rings (SSSR count). The highest BCUT2D eigenvalue weighted by Gasteiger charge is 2.36. The molecule has 1 aromatic heterocycles. The molecule has 120 valence electrons. The number of amides is 2. The lowest BCUT2D eigenvalue weighted by Gasteiger charge is -2.16. The van der Waals surface area contributed by atoms with Gasteiger partial charge in [-0.15, -0.1) is 0 Å². The third-order valence-corrected chi connectivity index (χ3v) is 4.96. The van der Waals surface area contributed by atoms with Crippen LogP contribution in [0.2, 0.25) is 0 Å². The van der Waals surface area contributed by atoms with Gasteiger partial charge in [0.15, 0.2) is 0 Å². The van der Waals surface area contributed by atoms with E-state index in [1.54, 1.807) is 0 Å². The minimum Gasteiger partial charge on any atom is -0.358 e. The smallest absolute Gasteiger partial charge is 0.261 e. The third kappa shape index (κ3) is 2.18. The molecule has 5 nitrogen and oxygen atoms in total. The monoisotopic (exact) mass is 311 g/mol. The molecule has 23 heavy (non-hydrogen) atoms. The molecule has 0 fully saturated rings. The molecule has 1 aliphatic heterocycles. The van der Waals surface area contributed by atoms with E-state index in [1.807, 2.05) is 31.1 Å². The normalized spacial score (nSPS) is 17.3. The van der Waals surface area contributed by atoms with Gasteiger partial charge in [0.1, 0.15) is 0 Å². The minimum absolute atomic E-state index is 0.153. The highest BCUT2D eigenvalue weighted by molar-refractivity contribution is 6.23. The second kappa shape index (κ2) is 5.20. The molecule has 2 amide bonds. The van der Waals surface area contributed by atoms with Crippen molar-refractivity contribution in [2.24, 2.45) is 0 Å². The maximum atomic E-state index is 12.6. The molecule has 0 saturated heterocycles. The summed E-state index contributed by atoms with van der Waals surface area (Å²) in [5.41, 5.74) is 4.71.